The van der Waals surface area contributed by atoms with Gasteiger partial charge in [0.05, 0.1) is 13.2 Å². The topological polar surface area (TPSA) is 58.6 Å². The van der Waals surface area contributed by atoms with Crippen LogP contribution in [-0.2, 0) is 16.0 Å². The molecule has 1 aromatic heterocycles. The summed E-state index contributed by atoms with van der Waals surface area (Å²) in [4.78, 5) is 25.9. The summed E-state index contributed by atoms with van der Waals surface area (Å²) < 4.78 is 5.79. The molecular formula is C19H22N4O2. The van der Waals surface area contributed by atoms with Gasteiger partial charge < -0.3 is 14.5 Å². The average Bonchev–Trinajstić information content (AvgIpc) is 3.04. The Kier molecular flexibility index (Phi) is 4.13. The zero-order chi connectivity index (χ0) is 17.4. The van der Waals surface area contributed by atoms with E-state index in [-0.39, 0.29) is 5.91 Å². The molecule has 2 aliphatic heterocycles. The second-order valence-electron chi connectivity index (χ2n) is 6.62. The number of aromatic nitrogens is 2. The first-order chi connectivity index (χ1) is 12.1. The van der Waals surface area contributed by atoms with Crippen LogP contribution in [0.3, 0.4) is 0 Å². The molecule has 2 aliphatic rings. The van der Waals surface area contributed by atoms with Crippen LogP contribution in [0.15, 0.2) is 30.3 Å². The van der Waals surface area contributed by atoms with Gasteiger partial charge >= 0.3 is 0 Å². The molecule has 1 aromatic carbocycles. The molecule has 25 heavy (non-hydrogen) atoms. The fourth-order valence-corrected chi connectivity index (χ4v) is 3.57. The summed E-state index contributed by atoms with van der Waals surface area (Å²) in [5.41, 5.74) is 4.10. The second-order valence-corrected chi connectivity index (χ2v) is 6.62. The Morgan fingerprint density at radius 3 is 2.72 bits per heavy atom. The van der Waals surface area contributed by atoms with Crippen LogP contribution in [0.5, 0.6) is 0 Å². The van der Waals surface area contributed by atoms with Crippen molar-refractivity contribution in [3.63, 3.8) is 0 Å². The summed E-state index contributed by atoms with van der Waals surface area (Å²) in [6, 6.07) is 10.0. The van der Waals surface area contributed by atoms with Gasteiger partial charge in [-0.3, -0.25) is 4.79 Å². The highest BCUT2D eigenvalue weighted by Gasteiger charge is 2.34. The van der Waals surface area contributed by atoms with E-state index in [1.54, 1.807) is 0 Å². The summed E-state index contributed by atoms with van der Waals surface area (Å²) in [6.45, 7) is 6.33. The first-order valence-corrected chi connectivity index (χ1v) is 8.70. The molecule has 6 nitrogen and oxygen atoms in total. The molecule has 0 N–H and O–H groups in total. The van der Waals surface area contributed by atoms with Crippen molar-refractivity contribution in [1.82, 2.24) is 9.97 Å². The van der Waals surface area contributed by atoms with Crippen LogP contribution in [0.4, 0.5) is 11.6 Å². The molecule has 0 saturated carbocycles. The van der Waals surface area contributed by atoms with Crippen LogP contribution in [0.25, 0.3) is 0 Å². The molecule has 3 heterocycles. The highest BCUT2D eigenvalue weighted by Crippen LogP contribution is 2.29. The van der Waals surface area contributed by atoms with E-state index in [1.165, 1.54) is 5.56 Å². The Labute approximate surface area is 147 Å². The lowest BCUT2D eigenvalue weighted by Gasteiger charge is -2.34. The minimum Gasteiger partial charge on any atom is -0.365 e. The highest BCUT2D eigenvalue weighted by atomic mass is 16.5. The predicted octanol–water partition coefficient (Wildman–Crippen LogP) is 1.89. The first-order valence-electron chi connectivity index (χ1n) is 8.70. The van der Waals surface area contributed by atoms with E-state index in [2.05, 4.69) is 16.0 Å². The van der Waals surface area contributed by atoms with E-state index < -0.39 is 6.10 Å². The van der Waals surface area contributed by atoms with E-state index in [0.29, 0.717) is 25.6 Å². The summed E-state index contributed by atoms with van der Waals surface area (Å²) in [5, 5.41) is 0. The molecule has 4 rings (SSSR count). The number of morpholine rings is 1. The monoisotopic (exact) mass is 338 g/mol. The number of aryl methyl sites for hydroxylation is 2. The minimum atomic E-state index is -0.482. The lowest BCUT2D eigenvalue weighted by atomic mass is 10.2. The number of carbonyl (C=O) groups is 1. The number of rotatable bonds is 2. The van der Waals surface area contributed by atoms with E-state index in [4.69, 9.17) is 4.74 Å². The Balaban J connectivity index is 1.52. The number of para-hydroxylation sites is 1. The lowest BCUT2D eigenvalue weighted by Crippen LogP contribution is -2.51. The molecule has 0 spiro atoms. The first kappa shape index (κ1) is 16.0. The van der Waals surface area contributed by atoms with Gasteiger partial charge in [0.15, 0.2) is 6.10 Å². The number of carbonyl (C=O) groups excluding carboxylic acids is 1. The van der Waals surface area contributed by atoms with Crippen molar-refractivity contribution >= 4 is 17.5 Å². The van der Waals surface area contributed by atoms with Crippen LogP contribution in [0, 0.1) is 13.8 Å². The Morgan fingerprint density at radius 2 is 1.92 bits per heavy atom. The number of nitrogens with zero attached hydrogens (tertiary/aromatic N) is 4. The summed E-state index contributed by atoms with van der Waals surface area (Å²) in [5.74, 6) is 0.708. The SMILES string of the molecule is Cc1cc(C)nc(N2CCOC(C(=O)N3CCc4ccccc43)C2)n1. The van der Waals surface area contributed by atoms with Gasteiger partial charge in [0.1, 0.15) is 0 Å². The summed E-state index contributed by atoms with van der Waals surface area (Å²) >= 11 is 0. The van der Waals surface area contributed by atoms with E-state index in [9.17, 15) is 4.79 Å². The van der Waals surface area contributed by atoms with Crippen molar-refractivity contribution in [2.45, 2.75) is 26.4 Å². The summed E-state index contributed by atoms with van der Waals surface area (Å²) in [6.07, 6.45) is 0.419. The van der Waals surface area contributed by atoms with E-state index in [0.717, 1.165) is 30.0 Å². The number of ether oxygens (including phenoxy) is 1. The molecule has 130 valence electrons. The van der Waals surface area contributed by atoms with Gasteiger partial charge in [-0.2, -0.15) is 0 Å². The smallest absolute Gasteiger partial charge is 0.257 e. The van der Waals surface area contributed by atoms with Gasteiger partial charge in [-0.1, -0.05) is 18.2 Å². The molecule has 6 heteroatoms. The Bertz CT molecular complexity index is 788. The normalized spacial score (nSPS) is 19.8. The third-order valence-electron chi connectivity index (χ3n) is 4.75. The molecular weight excluding hydrogens is 316 g/mol. The third-order valence-corrected chi connectivity index (χ3v) is 4.75. The van der Waals surface area contributed by atoms with Crippen molar-refractivity contribution in [3.05, 3.63) is 47.3 Å². The molecule has 1 saturated heterocycles. The van der Waals surface area contributed by atoms with E-state index >= 15 is 0 Å². The largest absolute Gasteiger partial charge is 0.365 e. The van der Waals surface area contributed by atoms with Gasteiger partial charge in [-0.25, -0.2) is 9.97 Å². The molecule has 1 unspecified atom stereocenters. The zero-order valence-corrected chi connectivity index (χ0v) is 14.6. The number of amides is 1. The molecule has 1 amide bonds. The highest BCUT2D eigenvalue weighted by molar-refractivity contribution is 5.98. The number of hydrogen-bond acceptors (Lipinski definition) is 5. The second kappa shape index (κ2) is 6.44. The van der Waals surface area contributed by atoms with Crippen molar-refractivity contribution in [2.75, 3.05) is 36.0 Å². The van der Waals surface area contributed by atoms with Crippen molar-refractivity contribution in [2.24, 2.45) is 0 Å². The van der Waals surface area contributed by atoms with Gasteiger partial charge in [0.25, 0.3) is 5.91 Å². The quantitative estimate of drug-likeness (QED) is 0.837. The van der Waals surface area contributed by atoms with Gasteiger partial charge in [0.2, 0.25) is 5.95 Å². The van der Waals surface area contributed by atoms with Crippen molar-refractivity contribution in [3.8, 4) is 0 Å². The molecule has 1 atom stereocenters. The average molecular weight is 338 g/mol. The predicted molar refractivity (Wildman–Crippen MR) is 96.0 cm³/mol. The minimum absolute atomic E-state index is 0.0269. The van der Waals surface area contributed by atoms with Crippen molar-refractivity contribution in [1.29, 1.82) is 0 Å². The number of fused-ring (bicyclic) bond motifs is 1. The van der Waals surface area contributed by atoms with Gasteiger partial charge in [0, 0.05) is 30.2 Å². The third kappa shape index (κ3) is 3.09. The maximum atomic E-state index is 13.0. The van der Waals surface area contributed by atoms with E-state index in [1.807, 2.05) is 47.9 Å². The van der Waals surface area contributed by atoms with Crippen LogP contribution in [0.2, 0.25) is 0 Å². The van der Waals surface area contributed by atoms with Crippen molar-refractivity contribution < 1.29 is 9.53 Å². The fraction of sp³-hybridized carbons (Fsp3) is 0.421. The number of benzene rings is 1. The molecule has 0 radical (unpaired) electrons. The molecule has 0 bridgehead atoms. The number of anilines is 2. The zero-order valence-electron chi connectivity index (χ0n) is 14.6. The van der Waals surface area contributed by atoms with Gasteiger partial charge in [-0.15, -0.1) is 0 Å². The van der Waals surface area contributed by atoms with Crippen LogP contribution in [-0.4, -0.2) is 48.2 Å². The van der Waals surface area contributed by atoms with Crippen LogP contribution >= 0.6 is 0 Å². The summed E-state index contributed by atoms with van der Waals surface area (Å²) in [7, 11) is 0. The maximum absolute atomic E-state index is 13.0. The van der Waals surface area contributed by atoms with Gasteiger partial charge in [-0.05, 0) is 38.0 Å². The molecule has 2 aromatic rings. The Morgan fingerprint density at radius 1 is 1.16 bits per heavy atom. The van der Waals surface area contributed by atoms with Crippen LogP contribution < -0.4 is 9.80 Å². The molecule has 1 fully saturated rings. The Hall–Kier alpha value is -2.47. The standard InChI is InChI=1S/C19H22N4O2/c1-13-11-14(2)21-19(20-13)22-9-10-25-17(12-22)18(24)23-8-7-15-5-3-4-6-16(15)23/h3-6,11,17H,7-10,12H2,1-2H3. The molecule has 0 aliphatic carbocycles. The van der Waals surface area contributed by atoms with Crippen LogP contribution in [0.1, 0.15) is 17.0 Å². The lowest BCUT2D eigenvalue weighted by molar-refractivity contribution is -0.130. The maximum Gasteiger partial charge on any atom is 0.257 e. The number of hydrogen-bond donors (Lipinski definition) is 0. The fourth-order valence-electron chi connectivity index (χ4n) is 3.57.